The first kappa shape index (κ1) is 14.1. The predicted molar refractivity (Wildman–Crippen MR) is 82.7 cm³/mol. The zero-order valence-corrected chi connectivity index (χ0v) is 11.9. The molecule has 3 heteroatoms. The molecule has 0 saturated carbocycles. The van der Waals surface area contributed by atoms with Crippen molar-refractivity contribution in [3.63, 3.8) is 0 Å². The highest BCUT2D eigenvalue weighted by atomic mass is 16.2. The van der Waals surface area contributed by atoms with Crippen LogP contribution in [0.4, 0.5) is 10.5 Å². The molecular weight excluding hydrogens is 248 g/mol. The number of hydrogen-bond acceptors (Lipinski definition) is 1. The van der Waals surface area contributed by atoms with Crippen LogP contribution in [0.1, 0.15) is 31.0 Å². The van der Waals surface area contributed by atoms with Crippen molar-refractivity contribution in [1.82, 2.24) is 0 Å². The van der Waals surface area contributed by atoms with Gasteiger partial charge in [-0.3, -0.25) is 4.90 Å². The third-order valence-electron chi connectivity index (χ3n) is 3.54. The molecule has 0 aliphatic heterocycles. The Labute approximate surface area is 120 Å². The Hall–Kier alpha value is -2.29. The van der Waals surface area contributed by atoms with Crippen LogP contribution in [-0.4, -0.2) is 6.03 Å². The quantitative estimate of drug-likeness (QED) is 0.898. The van der Waals surface area contributed by atoms with Crippen LogP contribution < -0.4 is 10.6 Å². The van der Waals surface area contributed by atoms with Crippen LogP contribution in [0.5, 0.6) is 0 Å². The number of nitrogens with zero attached hydrogens (tertiary/aromatic N) is 1. The van der Waals surface area contributed by atoms with Gasteiger partial charge in [0.1, 0.15) is 0 Å². The summed E-state index contributed by atoms with van der Waals surface area (Å²) in [6, 6.07) is 17.3. The number of anilines is 1. The zero-order valence-electron chi connectivity index (χ0n) is 11.9. The second-order valence-electron chi connectivity index (χ2n) is 4.78. The highest BCUT2D eigenvalue weighted by Crippen LogP contribution is 2.29. The fourth-order valence-electron chi connectivity index (χ4n) is 2.44. The lowest BCUT2D eigenvalue weighted by molar-refractivity contribution is 0.252. The number of carbonyl (C=O) groups is 1. The number of urea groups is 1. The van der Waals surface area contributed by atoms with Crippen molar-refractivity contribution >= 4 is 11.7 Å². The Morgan fingerprint density at radius 2 is 1.70 bits per heavy atom. The Balaban J connectivity index is 2.44. The molecular formula is C17H20N2O. The molecule has 1 unspecified atom stereocenters. The first-order valence-corrected chi connectivity index (χ1v) is 6.86. The number of para-hydroxylation sites is 1. The molecule has 0 aliphatic carbocycles. The van der Waals surface area contributed by atoms with Crippen molar-refractivity contribution < 1.29 is 4.79 Å². The first-order valence-electron chi connectivity index (χ1n) is 6.86. The predicted octanol–water partition coefficient (Wildman–Crippen LogP) is 3.90. The van der Waals surface area contributed by atoms with E-state index in [1.165, 1.54) is 0 Å². The van der Waals surface area contributed by atoms with Crippen molar-refractivity contribution in [2.24, 2.45) is 5.73 Å². The molecule has 2 N–H and O–H groups in total. The molecule has 0 aliphatic rings. The summed E-state index contributed by atoms with van der Waals surface area (Å²) in [4.78, 5) is 13.6. The van der Waals surface area contributed by atoms with E-state index in [1.807, 2.05) is 61.5 Å². The smallest absolute Gasteiger partial charge is 0.319 e. The molecule has 2 rings (SSSR count). The molecule has 2 aromatic carbocycles. The van der Waals surface area contributed by atoms with Crippen LogP contribution in [-0.2, 0) is 6.42 Å². The van der Waals surface area contributed by atoms with Gasteiger partial charge in [-0.1, -0.05) is 55.5 Å². The summed E-state index contributed by atoms with van der Waals surface area (Å²) in [5, 5.41) is 0. The Morgan fingerprint density at radius 3 is 2.30 bits per heavy atom. The molecule has 0 saturated heterocycles. The Kier molecular flexibility index (Phi) is 4.41. The summed E-state index contributed by atoms with van der Waals surface area (Å²) in [5.41, 5.74) is 8.69. The summed E-state index contributed by atoms with van der Waals surface area (Å²) >= 11 is 0. The number of nitrogens with two attached hydrogens (primary N) is 1. The van der Waals surface area contributed by atoms with E-state index in [1.54, 1.807) is 4.90 Å². The molecule has 0 heterocycles. The van der Waals surface area contributed by atoms with E-state index in [-0.39, 0.29) is 6.04 Å². The number of primary amides is 1. The maximum Gasteiger partial charge on any atom is 0.319 e. The minimum absolute atomic E-state index is 0.0959. The highest BCUT2D eigenvalue weighted by molar-refractivity contribution is 5.92. The van der Waals surface area contributed by atoms with Crippen molar-refractivity contribution in [3.05, 3.63) is 65.7 Å². The lowest BCUT2D eigenvalue weighted by Gasteiger charge is -2.29. The van der Waals surface area contributed by atoms with Crippen LogP contribution in [0.15, 0.2) is 54.6 Å². The summed E-state index contributed by atoms with van der Waals surface area (Å²) in [7, 11) is 0. The fraction of sp³-hybridized carbons (Fsp3) is 0.235. The molecule has 2 aromatic rings. The van der Waals surface area contributed by atoms with Crippen molar-refractivity contribution in [1.29, 1.82) is 0 Å². The van der Waals surface area contributed by atoms with Gasteiger partial charge in [0.2, 0.25) is 0 Å². The third-order valence-corrected chi connectivity index (χ3v) is 3.54. The SMILES string of the molecule is CCc1ccccc1N(C(N)=O)C(C)c1ccccc1. The summed E-state index contributed by atoms with van der Waals surface area (Å²) in [6.45, 7) is 4.07. The number of benzene rings is 2. The molecule has 0 radical (unpaired) electrons. The van der Waals surface area contributed by atoms with Crippen molar-refractivity contribution in [2.45, 2.75) is 26.3 Å². The van der Waals surface area contributed by atoms with E-state index in [0.717, 1.165) is 23.2 Å². The van der Waals surface area contributed by atoms with Gasteiger partial charge in [0.15, 0.2) is 0 Å². The monoisotopic (exact) mass is 268 g/mol. The van der Waals surface area contributed by atoms with E-state index < -0.39 is 6.03 Å². The van der Waals surface area contributed by atoms with E-state index in [0.29, 0.717) is 0 Å². The van der Waals surface area contributed by atoms with Gasteiger partial charge in [-0.25, -0.2) is 4.79 Å². The minimum Gasteiger partial charge on any atom is -0.351 e. The third kappa shape index (κ3) is 2.82. The molecule has 3 nitrogen and oxygen atoms in total. The largest absolute Gasteiger partial charge is 0.351 e. The molecule has 1 atom stereocenters. The van der Waals surface area contributed by atoms with E-state index in [9.17, 15) is 4.79 Å². The summed E-state index contributed by atoms with van der Waals surface area (Å²) in [5.74, 6) is 0. The van der Waals surface area contributed by atoms with Gasteiger partial charge in [-0.2, -0.15) is 0 Å². The molecule has 20 heavy (non-hydrogen) atoms. The molecule has 0 spiro atoms. The van der Waals surface area contributed by atoms with Crippen LogP contribution >= 0.6 is 0 Å². The topological polar surface area (TPSA) is 46.3 Å². The maximum atomic E-state index is 11.9. The minimum atomic E-state index is -0.428. The number of rotatable bonds is 4. The molecule has 0 bridgehead atoms. The normalized spacial score (nSPS) is 11.9. The van der Waals surface area contributed by atoms with Gasteiger partial charge in [0.25, 0.3) is 0 Å². The first-order chi connectivity index (χ1) is 9.65. The summed E-state index contributed by atoms with van der Waals surface area (Å²) in [6.07, 6.45) is 0.863. The lowest BCUT2D eigenvalue weighted by atomic mass is 10.0. The van der Waals surface area contributed by atoms with E-state index in [4.69, 9.17) is 5.73 Å². The number of hydrogen-bond donors (Lipinski definition) is 1. The van der Waals surface area contributed by atoms with E-state index in [2.05, 4.69) is 6.92 Å². The Bertz CT molecular complexity index is 581. The number of amides is 2. The van der Waals surface area contributed by atoms with Crippen LogP contribution in [0.25, 0.3) is 0 Å². The fourth-order valence-corrected chi connectivity index (χ4v) is 2.44. The average molecular weight is 268 g/mol. The lowest BCUT2D eigenvalue weighted by Crippen LogP contribution is -2.38. The number of carbonyl (C=O) groups excluding carboxylic acids is 1. The highest BCUT2D eigenvalue weighted by Gasteiger charge is 2.22. The van der Waals surface area contributed by atoms with Crippen LogP contribution in [0, 0.1) is 0 Å². The average Bonchev–Trinajstić information content (AvgIpc) is 2.48. The standard InChI is InChI=1S/C17H20N2O/c1-3-14-9-7-8-12-16(14)19(17(18)20)13(2)15-10-5-4-6-11-15/h4-13H,3H2,1-2H3,(H2,18,20). The van der Waals surface area contributed by atoms with Crippen LogP contribution in [0.2, 0.25) is 0 Å². The van der Waals surface area contributed by atoms with Gasteiger partial charge in [0, 0.05) is 5.69 Å². The van der Waals surface area contributed by atoms with Gasteiger partial charge in [-0.05, 0) is 30.5 Å². The van der Waals surface area contributed by atoms with E-state index >= 15 is 0 Å². The van der Waals surface area contributed by atoms with Crippen molar-refractivity contribution in [3.8, 4) is 0 Å². The molecule has 2 amide bonds. The van der Waals surface area contributed by atoms with Gasteiger partial charge in [0.05, 0.1) is 6.04 Å². The molecule has 104 valence electrons. The second-order valence-corrected chi connectivity index (χ2v) is 4.78. The van der Waals surface area contributed by atoms with Crippen molar-refractivity contribution in [2.75, 3.05) is 4.90 Å². The second kappa shape index (κ2) is 6.24. The summed E-state index contributed by atoms with van der Waals surface area (Å²) < 4.78 is 0. The zero-order chi connectivity index (χ0) is 14.5. The Morgan fingerprint density at radius 1 is 1.10 bits per heavy atom. The maximum absolute atomic E-state index is 11.9. The van der Waals surface area contributed by atoms with Gasteiger partial charge < -0.3 is 5.73 Å². The van der Waals surface area contributed by atoms with Gasteiger partial charge >= 0.3 is 6.03 Å². The van der Waals surface area contributed by atoms with Gasteiger partial charge in [-0.15, -0.1) is 0 Å². The van der Waals surface area contributed by atoms with Crippen LogP contribution in [0.3, 0.4) is 0 Å². The number of aryl methyl sites for hydroxylation is 1. The molecule has 0 fully saturated rings. The molecule has 0 aromatic heterocycles.